The van der Waals surface area contributed by atoms with Gasteiger partial charge in [0.15, 0.2) is 0 Å². The zero-order valence-corrected chi connectivity index (χ0v) is 31.8. The van der Waals surface area contributed by atoms with Gasteiger partial charge in [-0.1, -0.05) is 95.4 Å². The lowest BCUT2D eigenvalue weighted by Gasteiger charge is -2.15. The fraction of sp³-hybridized carbons (Fsp3) is 0.150. The van der Waals surface area contributed by atoms with Crippen LogP contribution in [0.5, 0.6) is 0 Å². The van der Waals surface area contributed by atoms with Crippen molar-refractivity contribution < 1.29 is 17.5 Å². The van der Waals surface area contributed by atoms with E-state index in [0.717, 1.165) is 31.3 Å². The van der Waals surface area contributed by atoms with Crippen LogP contribution in [0.1, 0.15) is 24.4 Å². The van der Waals surface area contributed by atoms with Crippen molar-refractivity contribution in [2.75, 3.05) is 11.9 Å². The third-order valence-corrected chi connectivity index (χ3v) is 13.1. The number of anilines is 1. The van der Waals surface area contributed by atoms with Crippen molar-refractivity contribution >= 4 is 94.2 Å². The molecule has 0 unspecified atom stereocenters. The van der Waals surface area contributed by atoms with E-state index in [1.807, 2.05) is 24.5 Å². The molecule has 7 nitrogen and oxygen atoms in total. The SMILES string of the molecule is CCn1c(=O)/c(=C/C=C2\Sc3ccc4ccccc4c3N2C)s/c1=C\c1sc2c3ccccc3ccc2[n+]1CC.Cc1ccc(S(=O)(=O)[O-])cc1. The highest BCUT2D eigenvalue weighted by Crippen LogP contribution is 2.48. The van der Waals surface area contributed by atoms with Crippen LogP contribution in [-0.4, -0.2) is 24.6 Å². The standard InChI is InChI=1S/C33H28N3OS3.C7H8O3S/c1-4-35-25-16-14-22-11-7-9-13-24(22)32(25)40-29(35)20-30-36(5-2)33(37)27(39-30)18-19-28-34(3)31-23-12-8-6-10-21(23)15-17-26(31)38-28;1-6-2-4-7(5-3-6)11(8,9)10/h6-20H,4-5H2,1-3H3;2-5H,1H3,(H,8,9,10)/q+1;/p-1/b27-18-,28-19-;. The second kappa shape index (κ2) is 14.2. The Morgan fingerprint density at radius 2 is 1.49 bits per heavy atom. The molecule has 7 aromatic rings. The molecular weight excluding hydrogens is 715 g/mol. The van der Waals surface area contributed by atoms with E-state index >= 15 is 0 Å². The van der Waals surface area contributed by atoms with Crippen molar-refractivity contribution in [3.05, 3.63) is 138 Å². The Labute approximate surface area is 308 Å². The number of allylic oxidation sites excluding steroid dienone is 1. The number of fused-ring (bicyclic) bond motifs is 6. The molecule has 0 bridgehead atoms. The minimum Gasteiger partial charge on any atom is -0.744 e. The molecule has 0 fully saturated rings. The molecule has 0 amide bonds. The first-order valence-electron chi connectivity index (χ1n) is 16.5. The van der Waals surface area contributed by atoms with Crippen LogP contribution in [0, 0.1) is 6.92 Å². The minimum absolute atomic E-state index is 0.0684. The Kier molecular flexibility index (Phi) is 9.75. The number of thiazole rings is 2. The van der Waals surface area contributed by atoms with Crippen LogP contribution in [0.15, 0.2) is 123 Å². The number of thioether (sulfide) groups is 1. The molecule has 0 N–H and O–H groups in total. The summed E-state index contributed by atoms with van der Waals surface area (Å²) in [5.41, 5.74) is 3.47. The molecule has 1 aliphatic heterocycles. The van der Waals surface area contributed by atoms with E-state index in [4.69, 9.17) is 0 Å². The average molecular weight is 750 g/mol. The molecule has 0 radical (unpaired) electrons. The van der Waals surface area contributed by atoms with Crippen molar-refractivity contribution in [2.45, 2.75) is 43.7 Å². The van der Waals surface area contributed by atoms with E-state index in [1.165, 1.54) is 54.5 Å². The van der Waals surface area contributed by atoms with E-state index in [2.05, 4.69) is 108 Å². The van der Waals surface area contributed by atoms with Gasteiger partial charge in [-0.25, -0.2) is 8.42 Å². The molecule has 3 heterocycles. The Hall–Kier alpha value is -4.52. The third-order valence-electron chi connectivity index (χ3n) is 8.87. The molecule has 0 aliphatic carbocycles. The van der Waals surface area contributed by atoms with E-state index in [9.17, 15) is 17.8 Å². The molecular formula is C40H35N3O4S4. The van der Waals surface area contributed by atoms with Gasteiger partial charge >= 0.3 is 0 Å². The van der Waals surface area contributed by atoms with Gasteiger partial charge in [0.2, 0.25) is 5.52 Å². The molecule has 2 aromatic heterocycles. The first kappa shape index (κ1) is 34.9. The molecule has 0 saturated carbocycles. The number of aryl methyl sites for hydroxylation is 2. The van der Waals surface area contributed by atoms with E-state index in [1.54, 1.807) is 46.6 Å². The van der Waals surface area contributed by atoms with E-state index in [-0.39, 0.29) is 10.5 Å². The molecule has 0 spiro atoms. The highest BCUT2D eigenvalue weighted by Gasteiger charge is 2.24. The zero-order valence-electron chi connectivity index (χ0n) is 28.5. The summed E-state index contributed by atoms with van der Waals surface area (Å²) >= 11 is 5.13. The molecule has 0 saturated heterocycles. The molecule has 8 rings (SSSR count). The van der Waals surface area contributed by atoms with Crippen LogP contribution in [-0.2, 0) is 23.2 Å². The number of hydrogen-bond donors (Lipinski definition) is 0. The highest BCUT2D eigenvalue weighted by molar-refractivity contribution is 8.03. The van der Waals surface area contributed by atoms with Crippen molar-refractivity contribution in [1.29, 1.82) is 0 Å². The van der Waals surface area contributed by atoms with E-state index < -0.39 is 10.1 Å². The van der Waals surface area contributed by atoms with Gasteiger partial charge in [0.05, 0.1) is 26.2 Å². The maximum atomic E-state index is 13.5. The van der Waals surface area contributed by atoms with Crippen LogP contribution in [0.4, 0.5) is 5.69 Å². The van der Waals surface area contributed by atoms with Gasteiger partial charge in [0.1, 0.15) is 26.0 Å². The summed E-state index contributed by atoms with van der Waals surface area (Å²) in [5, 5.41) is 7.30. The Bertz CT molecular complexity index is 2780. The Morgan fingerprint density at radius 1 is 0.824 bits per heavy atom. The van der Waals surface area contributed by atoms with Crippen LogP contribution in [0.2, 0.25) is 0 Å². The second-order valence-corrected chi connectivity index (χ2v) is 16.6. The topological polar surface area (TPSA) is 86.3 Å². The minimum atomic E-state index is -4.27. The summed E-state index contributed by atoms with van der Waals surface area (Å²) in [5.74, 6) is 0. The average Bonchev–Trinajstić information content (AvgIpc) is 3.76. The third kappa shape index (κ3) is 6.80. The lowest BCUT2D eigenvalue weighted by molar-refractivity contribution is -0.665. The Morgan fingerprint density at radius 3 is 2.18 bits per heavy atom. The van der Waals surface area contributed by atoms with Gasteiger partial charge in [-0.05, 0) is 68.0 Å². The maximum Gasteiger partial charge on any atom is 0.269 e. The monoisotopic (exact) mass is 749 g/mol. The van der Waals surface area contributed by atoms with Gasteiger partial charge in [0.25, 0.3) is 10.6 Å². The zero-order chi connectivity index (χ0) is 35.9. The number of aromatic nitrogens is 2. The second-order valence-electron chi connectivity index (χ2n) is 12.1. The van der Waals surface area contributed by atoms with Gasteiger partial charge in [-0.15, -0.1) is 11.3 Å². The predicted octanol–water partition coefficient (Wildman–Crippen LogP) is 7.35. The summed E-state index contributed by atoms with van der Waals surface area (Å²) in [6.07, 6.45) is 6.28. The smallest absolute Gasteiger partial charge is 0.269 e. The summed E-state index contributed by atoms with van der Waals surface area (Å²) in [6.45, 7) is 7.55. The summed E-state index contributed by atoms with van der Waals surface area (Å²) in [7, 11) is -2.16. The van der Waals surface area contributed by atoms with Gasteiger partial charge < -0.3 is 9.45 Å². The van der Waals surface area contributed by atoms with Crippen LogP contribution in [0.3, 0.4) is 0 Å². The number of nitrogens with zero attached hydrogens (tertiary/aromatic N) is 3. The summed E-state index contributed by atoms with van der Waals surface area (Å²) < 4.78 is 38.4. The molecule has 5 aromatic carbocycles. The highest BCUT2D eigenvalue weighted by atomic mass is 32.2. The van der Waals surface area contributed by atoms with Crippen LogP contribution < -0.4 is 24.2 Å². The number of rotatable bonds is 5. The van der Waals surface area contributed by atoms with E-state index in [0.29, 0.717) is 6.54 Å². The fourth-order valence-corrected chi connectivity index (χ4v) is 10.2. The normalized spacial score (nSPS) is 14.5. The molecule has 0 atom stereocenters. The number of benzene rings is 5. The molecule has 258 valence electrons. The van der Waals surface area contributed by atoms with Crippen LogP contribution >= 0.6 is 34.4 Å². The summed E-state index contributed by atoms with van der Waals surface area (Å²) in [6, 6.07) is 31.6. The lowest BCUT2D eigenvalue weighted by Crippen LogP contribution is -2.35. The van der Waals surface area contributed by atoms with Gasteiger partial charge in [0, 0.05) is 35.3 Å². The van der Waals surface area contributed by atoms with Crippen molar-refractivity contribution in [1.82, 2.24) is 4.57 Å². The van der Waals surface area contributed by atoms with Crippen molar-refractivity contribution in [3.63, 3.8) is 0 Å². The Balaban J connectivity index is 0.000000318. The van der Waals surface area contributed by atoms with Gasteiger partial charge in [-0.3, -0.25) is 9.36 Å². The van der Waals surface area contributed by atoms with Crippen LogP contribution in [0.25, 0.3) is 43.9 Å². The fourth-order valence-electron chi connectivity index (χ4n) is 6.28. The molecule has 1 aliphatic rings. The molecule has 11 heteroatoms. The van der Waals surface area contributed by atoms with Gasteiger partial charge in [-0.2, -0.15) is 4.57 Å². The van der Waals surface area contributed by atoms with Crippen molar-refractivity contribution in [2.24, 2.45) is 0 Å². The first-order valence-corrected chi connectivity index (χ1v) is 20.4. The summed E-state index contributed by atoms with van der Waals surface area (Å²) in [4.78, 5) is 16.8. The number of hydrogen-bond acceptors (Lipinski definition) is 8. The maximum absolute atomic E-state index is 13.5. The quantitative estimate of drug-likeness (QED) is 0.135. The molecule has 51 heavy (non-hydrogen) atoms. The first-order chi connectivity index (χ1) is 24.6. The largest absolute Gasteiger partial charge is 0.744 e. The van der Waals surface area contributed by atoms with Crippen molar-refractivity contribution in [3.8, 4) is 0 Å². The predicted molar refractivity (Wildman–Crippen MR) is 212 cm³/mol. The lowest BCUT2D eigenvalue weighted by atomic mass is 10.1.